The molecule has 1 fully saturated rings. The lowest BCUT2D eigenvalue weighted by atomic mass is 10.3. The first-order valence-corrected chi connectivity index (χ1v) is 8.14. The fraction of sp³-hybridized carbons (Fsp3) is 0.364. The van der Waals surface area contributed by atoms with E-state index in [1.807, 2.05) is 18.2 Å². The second-order valence-corrected chi connectivity index (χ2v) is 7.59. The molecule has 1 saturated heterocycles. The molecule has 2 heterocycles. The molecular weight excluding hydrogens is 274 g/mol. The molecule has 3 rings (SSSR count). The van der Waals surface area contributed by atoms with E-state index in [0.717, 1.165) is 5.52 Å². The van der Waals surface area contributed by atoms with Gasteiger partial charge in [-0.25, -0.2) is 13.4 Å². The highest BCUT2D eigenvalue weighted by molar-refractivity contribution is 8.01. The van der Waals surface area contributed by atoms with E-state index in [0.29, 0.717) is 10.8 Å². The van der Waals surface area contributed by atoms with Gasteiger partial charge >= 0.3 is 0 Å². The van der Waals surface area contributed by atoms with Gasteiger partial charge in [0.2, 0.25) is 0 Å². The van der Waals surface area contributed by atoms with Gasteiger partial charge in [0.25, 0.3) is 5.22 Å². The van der Waals surface area contributed by atoms with Crippen LogP contribution in [0.2, 0.25) is 0 Å². The Morgan fingerprint density at radius 2 is 2.11 bits per heavy atom. The number of rotatable bonds is 2. The first-order chi connectivity index (χ1) is 8.53. The number of oxazole rings is 1. The van der Waals surface area contributed by atoms with Crippen molar-refractivity contribution in [3.63, 3.8) is 0 Å². The Morgan fingerprint density at radius 3 is 2.78 bits per heavy atom. The van der Waals surface area contributed by atoms with Crippen LogP contribution in [0.15, 0.2) is 33.9 Å². The van der Waals surface area contributed by atoms with Crippen LogP contribution in [0.25, 0.3) is 11.1 Å². The second-order valence-electron chi connectivity index (χ2n) is 4.25. The number of para-hydroxylation sites is 2. The molecule has 0 saturated carbocycles. The molecule has 0 bridgehead atoms. The van der Waals surface area contributed by atoms with Crippen molar-refractivity contribution in [3.05, 3.63) is 24.3 Å². The zero-order valence-electron chi connectivity index (χ0n) is 9.31. The summed E-state index contributed by atoms with van der Waals surface area (Å²) in [5.41, 5.74) is 1.39. The Hall–Kier alpha value is -1.05. The molecule has 0 unspecified atom stereocenters. The van der Waals surface area contributed by atoms with Crippen LogP contribution in [0.5, 0.6) is 0 Å². The number of nitrogens with zero attached hydrogens (tertiary/aromatic N) is 1. The Bertz CT molecular complexity index is 646. The maximum Gasteiger partial charge on any atom is 0.257 e. The molecule has 1 aliphatic heterocycles. The van der Waals surface area contributed by atoms with Crippen molar-refractivity contribution in [2.45, 2.75) is 16.6 Å². The van der Waals surface area contributed by atoms with Gasteiger partial charge in [0.1, 0.15) is 5.52 Å². The maximum atomic E-state index is 11.4. The molecule has 0 amide bonds. The predicted molar refractivity (Wildman–Crippen MR) is 68.3 cm³/mol. The Morgan fingerprint density at radius 1 is 1.33 bits per heavy atom. The molecule has 1 aliphatic rings. The van der Waals surface area contributed by atoms with Gasteiger partial charge in [-0.1, -0.05) is 23.9 Å². The first kappa shape index (κ1) is 12.0. The molecule has 18 heavy (non-hydrogen) atoms. The summed E-state index contributed by atoms with van der Waals surface area (Å²) in [5, 5.41) is 9.69. The summed E-state index contributed by atoms with van der Waals surface area (Å²) in [4.78, 5) is 4.25. The molecular formula is C11H11NO4S2. The van der Waals surface area contributed by atoms with Gasteiger partial charge in [0, 0.05) is 0 Å². The predicted octanol–water partition coefficient (Wildman–Crippen LogP) is 1.08. The number of benzene rings is 1. The third kappa shape index (κ3) is 2.25. The topological polar surface area (TPSA) is 80.4 Å². The fourth-order valence-corrected chi connectivity index (χ4v) is 5.37. The highest BCUT2D eigenvalue weighted by atomic mass is 32.2. The van der Waals surface area contributed by atoms with Crippen molar-refractivity contribution in [1.29, 1.82) is 0 Å². The molecule has 2 atom stereocenters. The van der Waals surface area contributed by atoms with Gasteiger partial charge < -0.3 is 9.52 Å². The van der Waals surface area contributed by atoms with Crippen molar-refractivity contribution in [2.75, 3.05) is 11.5 Å². The van der Waals surface area contributed by atoms with Crippen LogP contribution in [-0.2, 0) is 9.84 Å². The Kier molecular flexibility index (Phi) is 2.84. The van der Waals surface area contributed by atoms with E-state index < -0.39 is 21.2 Å². The van der Waals surface area contributed by atoms with Crippen LogP contribution >= 0.6 is 11.8 Å². The minimum atomic E-state index is -3.14. The third-order valence-electron chi connectivity index (χ3n) is 2.80. The molecule has 96 valence electrons. The highest BCUT2D eigenvalue weighted by Crippen LogP contribution is 2.32. The summed E-state index contributed by atoms with van der Waals surface area (Å²) < 4.78 is 28.3. The van der Waals surface area contributed by atoms with Crippen LogP contribution in [0.4, 0.5) is 0 Å². The molecule has 7 heteroatoms. The SMILES string of the molecule is O=S1(=O)C[C@@H](O)[C@@H](Sc2nc3ccccc3o2)C1. The van der Waals surface area contributed by atoms with Crippen LogP contribution in [0.3, 0.4) is 0 Å². The van der Waals surface area contributed by atoms with Gasteiger partial charge in [-0.05, 0) is 12.1 Å². The summed E-state index contributed by atoms with van der Waals surface area (Å²) in [5.74, 6) is -0.206. The van der Waals surface area contributed by atoms with E-state index in [2.05, 4.69) is 4.98 Å². The van der Waals surface area contributed by atoms with Crippen LogP contribution in [-0.4, -0.2) is 41.4 Å². The molecule has 1 N–H and O–H groups in total. The number of hydrogen-bond donors (Lipinski definition) is 1. The summed E-state index contributed by atoms with van der Waals surface area (Å²) >= 11 is 1.18. The quantitative estimate of drug-likeness (QED) is 0.889. The standard InChI is InChI=1S/C11H11NO4S2/c13-8-5-18(14,15)6-10(8)17-11-12-7-3-1-2-4-9(7)16-11/h1-4,8,10,13H,5-6H2/t8-,10+/m1/s1. The summed E-state index contributed by atoms with van der Waals surface area (Å²) in [6.07, 6.45) is -0.852. The first-order valence-electron chi connectivity index (χ1n) is 5.44. The van der Waals surface area contributed by atoms with Gasteiger partial charge in [0.05, 0.1) is 22.9 Å². The summed E-state index contributed by atoms with van der Waals surface area (Å²) in [7, 11) is -3.14. The normalized spacial score (nSPS) is 26.7. The van der Waals surface area contributed by atoms with E-state index in [1.54, 1.807) is 6.07 Å². The highest BCUT2D eigenvalue weighted by Gasteiger charge is 2.38. The lowest BCUT2D eigenvalue weighted by Crippen LogP contribution is -2.19. The van der Waals surface area contributed by atoms with Crippen molar-refractivity contribution >= 4 is 32.7 Å². The molecule has 5 nitrogen and oxygen atoms in total. The lowest BCUT2D eigenvalue weighted by Gasteiger charge is -2.08. The average molecular weight is 285 g/mol. The van der Waals surface area contributed by atoms with Gasteiger partial charge in [-0.3, -0.25) is 0 Å². The Labute approximate surface area is 108 Å². The van der Waals surface area contributed by atoms with E-state index in [9.17, 15) is 13.5 Å². The molecule has 0 spiro atoms. The number of aliphatic hydroxyl groups excluding tert-OH is 1. The molecule has 0 radical (unpaired) electrons. The van der Waals surface area contributed by atoms with E-state index in [1.165, 1.54) is 11.8 Å². The largest absolute Gasteiger partial charge is 0.431 e. The van der Waals surface area contributed by atoms with Crippen LogP contribution < -0.4 is 0 Å². The summed E-state index contributed by atoms with van der Waals surface area (Å²) in [6.45, 7) is 0. The third-order valence-corrected chi connectivity index (χ3v) is 5.89. The number of thioether (sulfide) groups is 1. The molecule has 0 aliphatic carbocycles. The number of aromatic nitrogens is 1. The van der Waals surface area contributed by atoms with E-state index >= 15 is 0 Å². The zero-order chi connectivity index (χ0) is 12.8. The zero-order valence-corrected chi connectivity index (χ0v) is 10.9. The maximum absolute atomic E-state index is 11.4. The smallest absolute Gasteiger partial charge is 0.257 e. The van der Waals surface area contributed by atoms with E-state index in [-0.39, 0.29) is 11.5 Å². The molecule has 1 aromatic carbocycles. The minimum absolute atomic E-state index is 0.0302. The summed E-state index contributed by atoms with van der Waals surface area (Å²) in [6, 6.07) is 7.32. The van der Waals surface area contributed by atoms with Crippen molar-refractivity contribution in [2.24, 2.45) is 0 Å². The average Bonchev–Trinajstić information content (AvgIpc) is 2.79. The number of hydrogen-bond acceptors (Lipinski definition) is 6. The monoisotopic (exact) mass is 285 g/mol. The van der Waals surface area contributed by atoms with Crippen LogP contribution in [0, 0.1) is 0 Å². The number of fused-ring (bicyclic) bond motifs is 1. The molecule has 1 aromatic heterocycles. The number of sulfone groups is 1. The lowest BCUT2D eigenvalue weighted by molar-refractivity contribution is 0.207. The van der Waals surface area contributed by atoms with Gasteiger partial charge in [0.15, 0.2) is 15.4 Å². The van der Waals surface area contributed by atoms with Crippen molar-refractivity contribution in [1.82, 2.24) is 4.98 Å². The van der Waals surface area contributed by atoms with Gasteiger partial charge in [-0.15, -0.1) is 0 Å². The number of aliphatic hydroxyl groups is 1. The second kappa shape index (κ2) is 4.25. The van der Waals surface area contributed by atoms with Crippen LogP contribution in [0.1, 0.15) is 0 Å². The fourth-order valence-electron chi connectivity index (χ4n) is 1.94. The minimum Gasteiger partial charge on any atom is -0.431 e. The Balaban J connectivity index is 1.84. The van der Waals surface area contributed by atoms with E-state index in [4.69, 9.17) is 4.42 Å². The molecule has 2 aromatic rings. The van der Waals surface area contributed by atoms with Crippen molar-refractivity contribution < 1.29 is 17.9 Å². The van der Waals surface area contributed by atoms with Gasteiger partial charge in [-0.2, -0.15) is 0 Å². The van der Waals surface area contributed by atoms with Crippen molar-refractivity contribution in [3.8, 4) is 0 Å².